The molecule has 0 amide bonds. The molecule has 0 fully saturated rings. The number of para-hydroxylation sites is 2. The Morgan fingerprint density at radius 3 is 1.91 bits per heavy atom. The third kappa shape index (κ3) is 4.33. The molecule has 0 spiro atoms. The van der Waals surface area contributed by atoms with E-state index in [-0.39, 0.29) is 0 Å². The minimum absolute atomic E-state index is 0.784. The van der Waals surface area contributed by atoms with E-state index in [1.54, 1.807) is 0 Å². The molecule has 0 radical (unpaired) electrons. The van der Waals surface area contributed by atoms with E-state index >= 15 is 0 Å². The van der Waals surface area contributed by atoms with Crippen molar-refractivity contribution in [1.82, 2.24) is 14.0 Å². The van der Waals surface area contributed by atoms with Crippen LogP contribution in [0.3, 0.4) is 0 Å². The Balaban J connectivity index is 1.06. The Labute approximate surface area is 333 Å². The second-order valence-corrected chi connectivity index (χ2v) is 15.2. The lowest BCUT2D eigenvalue weighted by molar-refractivity contribution is 0.483. The van der Waals surface area contributed by atoms with Gasteiger partial charge >= 0.3 is 0 Å². The maximum atomic E-state index is 7.16. The number of anilines is 3. The van der Waals surface area contributed by atoms with E-state index < -0.39 is 0 Å². The van der Waals surface area contributed by atoms with Gasteiger partial charge in [0.15, 0.2) is 11.5 Å². The highest BCUT2D eigenvalue weighted by atomic mass is 16.5. The van der Waals surface area contributed by atoms with Crippen LogP contribution in [0.1, 0.15) is 0 Å². The first-order valence-electron chi connectivity index (χ1n) is 19.7. The third-order valence-corrected chi connectivity index (χ3v) is 12.0. The van der Waals surface area contributed by atoms with Crippen LogP contribution < -0.4 is 9.64 Å². The van der Waals surface area contributed by atoms with Crippen molar-refractivity contribution in [2.75, 3.05) is 4.90 Å². The van der Waals surface area contributed by atoms with Gasteiger partial charge < -0.3 is 13.7 Å². The number of ether oxygens (including phenoxy) is 1. The molecule has 13 rings (SSSR count). The average molecular weight is 741 g/mol. The Hall–Kier alpha value is -7.89. The molecule has 7 aromatic carbocycles. The summed E-state index contributed by atoms with van der Waals surface area (Å²) in [6, 6.07) is 69.2. The molecular weight excluding hydrogens is 709 g/mol. The van der Waals surface area contributed by atoms with Gasteiger partial charge in [-0.3, -0.25) is 4.90 Å². The van der Waals surface area contributed by atoms with Crippen molar-refractivity contribution in [3.63, 3.8) is 0 Å². The van der Waals surface area contributed by atoms with Crippen molar-refractivity contribution in [3.8, 4) is 39.6 Å². The van der Waals surface area contributed by atoms with Crippen LogP contribution in [0, 0.1) is 0 Å². The van der Waals surface area contributed by atoms with Crippen LogP contribution in [0.25, 0.3) is 88.0 Å². The molecule has 1 aliphatic heterocycles. The molecular formula is C53H32N4O. The van der Waals surface area contributed by atoms with Crippen molar-refractivity contribution in [2.24, 2.45) is 0 Å². The molecule has 1 aliphatic rings. The molecule has 6 heterocycles. The van der Waals surface area contributed by atoms with Gasteiger partial charge in [0.25, 0.3) is 0 Å². The highest BCUT2D eigenvalue weighted by molar-refractivity contribution is 6.19. The van der Waals surface area contributed by atoms with Gasteiger partial charge in [-0.1, -0.05) is 133 Å². The molecule has 5 aromatic heterocycles. The molecule has 0 N–H and O–H groups in total. The lowest BCUT2D eigenvalue weighted by atomic mass is 10.0. The van der Waals surface area contributed by atoms with Crippen LogP contribution >= 0.6 is 0 Å². The van der Waals surface area contributed by atoms with E-state index in [1.807, 2.05) is 0 Å². The smallest absolute Gasteiger partial charge is 0.177 e. The number of hydrogen-bond donors (Lipinski definition) is 0. The highest BCUT2D eigenvalue weighted by Gasteiger charge is 2.35. The summed E-state index contributed by atoms with van der Waals surface area (Å²) in [4.78, 5) is 7.88. The van der Waals surface area contributed by atoms with Crippen molar-refractivity contribution in [3.05, 3.63) is 194 Å². The molecule has 0 saturated heterocycles. The second-order valence-electron chi connectivity index (χ2n) is 15.2. The van der Waals surface area contributed by atoms with Gasteiger partial charge in [0, 0.05) is 38.2 Å². The van der Waals surface area contributed by atoms with Crippen molar-refractivity contribution >= 4 is 77.1 Å². The third-order valence-electron chi connectivity index (χ3n) is 12.0. The van der Waals surface area contributed by atoms with Crippen molar-refractivity contribution in [1.29, 1.82) is 0 Å². The molecule has 0 aliphatic carbocycles. The summed E-state index contributed by atoms with van der Waals surface area (Å²) in [5.41, 5.74) is 13.0. The predicted octanol–water partition coefficient (Wildman–Crippen LogP) is 14.2. The number of pyridine rings is 2. The highest BCUT2D eigenvalue weighted by Crippen LogP contribution is 2.58. The molecule has 5 heteroatoms. The second kappa shape index (κ2) is 11.8. The topological polar surface area (TPSA) is 34.7 Å². The van der Waals surface area contributed by atoms with Gasteiger partial charge in [-0.25, -0.2) is 4.98 Å². The quantitative estimate of drug-likeness (QED) is 0.180. The minimum atomic E-state index is 0.784. The van der Waals surface area contributed by atoms with Gasteiger partial charge in [-0.15, -0.1) is 0 Å². The monoisotopic (exact) mass is 740 g/mol. The molecule has 0 bridgehead atoms. The largest absolute Gasteiger partial charge is 0.451 e. The fourth-order valence-corrected chi connectivity index (χ4v) is 9.49. The van der Waals surface area contributed by atoms with Crippen LogP contribution in [0.2, 0.25) is 0 Å². The lowest BCUT2D eigenvalue weighted by Gasteiger charge is -2.31. The standard InChI is InChI=1S/C53H32N4O/c1-3-14-33(15-4-1)50-38-19-8-7-16-36(38)32-49(54-50)57-46-29-27-35(34-26-28-45-42(30-34)40-21-11-12-23-43(40)55(45)37-17-5-2-6-18-37)31-48(46)58-53-47-25-13-24-44-39-20-9-10-22-41(39)51(52(53)57)56(44)47/h1-32H. The van der Waals surface area contributed by atoms with Gasteiger partial charge in [0.05, 0.1) is 39.0 Å². The van der Waals surface area contributed by atoms with E-state index in [0.717, 1.165) is 84.1 Å². The van der Waals surface area contributed by atoms with E-state index in [9.17, 15) is 0 Å². The lowest BCUT2D eigenvalue weighted by Crippen LogP contribution is -2.16. The van der Waals surface area contributed by atoms with Crippen molar-refractivity contribution in [2.45, 2.75) is 0 Å². The first kappa shape index (κ1) is 31.3. The van der Waals surface area contributed by atoms with E-state index in [1.165, 1.54) is 32.6 Å². The first-order valence-corrected chi connectivity index (χ1v) is 19.7. The molecule has 270 valence electrons. The zero-order chi connectivity index (χ0) is 37.9. The molecule has 0 saturated carbocycles. The molecule has 5 nitrogen and oxygen atoms in total. The average Bonchev–Trinajstić information content (AvgIpc) is 3.93. The predicted molar refractivity (Wildman–Crippen MR) is 239 cm³/mol. The van der Waals surface area contributed by atoms with Crippen LogP contribution in [-0.2, 0) is 0 Å². The Bertz CT molecular complexity index is 3600. The SMILES string of the molecule is c1ccc(-c2nc(N3c4ccc(-c5ccc6c(c5)c5ccccc5n6-c5ccccc5)cc4Oc4c3c3c5ccccc5c5cccc4n53)cc3ccccc23)cc1. The van der Waals surface area contributed by atoms with Crippen LogP contribution in [0.4, 0.5) is 17.2 Å². The summed E-state index contributed by atoms with van der Waals surface area (Å²) in [6.45, 7) is 0. The maximum absolute atomic E-state index is 7.16. The maximum Gasteiger partial charge on any atom is 0.177 e. The summed E-state index contributed by atoms with van der Waals surface area (Å²) in [6.07, 6.45) is 0. The van der Waals surface area contributed by atoms with Gasteiger partial charge in [0.1, 0.15) is 11.5 Å². The summed E-state index contributed by atoms with van der Waals surface area (Å²) in [5, 5.41) is 7.08. The van der Waals surface area contributed by atoms with E-state index in [0.29, 0.717) is 0 Å². The fourth-order valence-electron chi connectivity index (χ4n) is 9.49. The normalized spacial score (nSPS) is 12.6. The Kier molecular flexibility index (Phi) is 6.38. The van der Waals surface area contributed by atoms with E-state index in [4.69, 9.17) is 9.72 Å². The van der Waals surface area contributed by atoms with Crippen molar-refractivity contribution < 1.29 is 4.74 Å². The number of hydrogen-bond acceptors (Lipinski definition) is 3. The zero-order valence-corrected chi connectivity index (χ0v) is 31.2. The number of benzene rings is 7. The molecule has 12 aromatic rings. The van der Waals surface area contributed by atoms with Gasteiger partial charge in [-0.2, -0.15) is 0 Å². The van der Waals surface area contributed by atoms with E-state index in [2.05, 4.69) is 208 Å². The molecule has 0 unspecified atom stereocenters. The van der Waals surface area contributed by atoms with Gasteiger partial charge in [-0.05, 0) is 77.2 Å². The fraction of sp³-hybridized carbons (Fsp3) is 0. The number of aromatic nitrogens is 3. The summed E-state index contributed by atoms with van der Waals surface area (Å²) >= 11 is 0. The van der Waals surface area contributed by atoms with Crippen LogP contribution in [-0.4, -0.2) is 14.0 Å². The number of nitrogens with zero attached hydrogens (tertiary/aromatic N) is 4. The number of fused-ring (bicyclic) bond motifs is 11. The zero-order valence-electron chi connectivity index (χ0n) is 31.2. The Morgan fingerprint density at radius 1 is 0.431 bits per heavy atom. The van der Waals surface area contributed by atoms with Crippen LogP contribution in [0.5, 0.6) is 11.5 Å². The molecule has 58 heavy (non-hydrogen) atoms. The summed E-state index contributed by atoms with van der Waals surface area (Å²) in [7, 11) is 0. The first-order chi connectivity index (χ1) is 28.8. The minimum Gasteiger partial charge on any atom is -0.451 e. The summed E-state index contributed by atoms with van der Waals surface area (Å²) in [5.74, 6) is 2.45. The number of rotatable bonds is 4. The Morgan fingerprint density at radius 2 is 1.07 bits per heavy atom. The molecule has 0 atom stereocenters. The van der Waals surface area contributed by atoms with Gasteiger partial charge in [0.2, 0.25) is 0 Å². The van der Waals surface area contributed by atoms with Crippen LogP contribution in [0.15, 0.2) is 194 Å². The summed E-state index contributed by atoms with van der Waals surface area (Å²) < 4.78 is 11.9.